The molecular formula is C21H30N6O3S. The van der Waals surface area contributed by atoms with Crippen molar-refractivity contribution in [2.75, 3.05) is 30.3 Å². The van der Waals surface area contributed by atoms with E-state index in [1.165, 1.54) is 11.8 Å². The van der Waals surface area contributed by atoms with E-state index in [1.807, 2.05) is 32.0 Å². The van der Waals surface area contributed by atoms with Gasteiger partial charge in [-0.1, -0.05) is 6.07 Å². The molecule has 0 radical (unpaired) electrons. The normalized spacial score (nSPS) is 26.4. The Labute approximate surface area is 187 Å². The predicted octanol–water partition coefficient (Wildman–Crippen LogP) is 1.38. The first-order valence-corrected chi connectivity index (χ1v) is 11.7. The minimum absolute atomic E-state index is 0.0956. The molecule has 2 amide bonds. The third-order valence-corrected chi connectivity index (χ3v) is 7.10. The highest BCUT2D eigenvalue weighted by Gasteiger charge is 2.46. The Morgan fingerprint density at radius 2 is 2.10 bits per heavy atom. The molecule has 4 N–H and O–H groups in total. The molecule has 0 bridgehead atoms. The first-order chi connectivity index (χ1) is 15.0. The zero-order valence-electron chi connectivity index (χ0n) is 17.9. The number of nitrogens with one attached hydrogen (secondary N) is 3. The molecule has 5 atom stereocenters. The second kappa shape index (κ2) is 10.7. The fourth-order valence-corrected chi connectivity index (χ4v) is 5.49. The van der Waals surface area contributed by atoms with Crippen molar-refractivity contribution in [2.45, 2.75) is 55.9 Å². The molecule has 1 aromatic rings. The van der Waals surface area contributed by atoms with Gasteiger partial charge in [-0.3, -0.25) is 9.59 Å². The van der Waals surface area contributed by atoms with Gasteiger partial charge in [0.1, 0.15) is 22.3 Å². The fraction of sp³-hybridized carbons (Fsp3) is 0.619. The van der Waals surface area contributed by atoms with Gasteiger partial charge in [0.05, 0.1) is 18.2 Å². The second-order valence-corrected chi connectivity index (χ2v) is 9.00. The monoisotopic (exact) mass is 446 g/mol. The van der Waals surface area contributed by atoms with Gasteiger partial charge in [-0.2, -0.15) is 5.26 Å². The summed E-state index contributed by atoms with van der Waals surface area (Å²) in [6.45, 7) is 5.36. The molecule has 1 aromatic heterocycles. The van der Waals surface area contributed by atoms with Gasteiger partial charge < -0.3 is 26.0 Å². The molecule has 2 heterocycles. The van der Waals surface area contributed by atoms with Crippen LogP contribution in [-0.4, -0.2) is 69.2 Å². The number of thioether (sulfide) groups is 1. The lowest BCUT2D eigenvalue weighted by Crippen LogP contribution is -2.48. The summed E-state index contributed by atoms with van der Waals surface area (Å²) in [4.78, 5) is 31.8. The lowest BCUT2D eigenvalue weighted by molar-refractivity contribution is -0.131. The number of anilines is 2. The zero-order chi connectivity index (χ0) is 22.4. The van der Waals surface area contributed by atoms with Crippen LogP contribution in [0.4, 0.5) is 11.6 Å². The van der Waals surface area contributed by atoms with Gasteiger partial charge in [0, 0.05) is 19.6 Å². The molecule has 0 aromatic carbocycles. The molecule has 1 saturated heterocycles. The molecular weight excluding hydrogens is 416 g/mol. The van der Waals surface area contributed by atoms with Crippen LogP contribution in [0.3, 0.4) is 0 Å². The topological polar surface area (TPSA) is 130 Å². The number of nitriles is 1. The molecule has 3 unspecified atom stereocenters. The number of carbonyl (C=O) groups is 2. The Bertz CT molecular complexity index is 832. The number of aliphatic hydroxyl groups is 1. The van der Waals surface area contributed by atoms with E-state index in [1.54, 1.807) is 4.90 Å². The predicted molar refractivity (Wildman–Crippen MR) is 120 cm³/mol. The van der Waals surface area contributed by atoms with Crippen LogP contribution in [0.15, 0.2) is 18.2 Å². The number of aromatic nitrogens is 1. The van der Waals surface area contributed by atoms with E-state index < -0.39 is 28.6 Å². The van der Waals surface area contributed by atoms with E-state index in [-0.39, 0.29) is 11.9 Å². The number of rotatable bonds is 9. The average Bonchev–Trinajstić information content (AvgIpc) is 3.30. The molecule has 31 heavy (non-hydrogen) atoms. The summed E-state index contributed by atoms with van der Waals surface area (Å²) < 4.78 is 0. The molecule has 1 aliphatic carbocycles. The molecule has 3 rings (SSSR count). The largest absolute Gasteiger partial charge is 0.391 e. The van der Waals surface area contributed by atoms with Crippen molar-refractivity contribution in [1.82, 2.24) is 15.2 Å². The first kappa shape index (κ1) is 23.2. The fourth-order valence-electron chi connectivity index (χ4n) is 3.98. The second-order valence-electron chi connectivity index (χ2n) is 7.68. The van der Waals surface area contributed by atoms with Crippen molar-refractivity contribution in [1.29, 1.82) is 5.26 Å². The summed E-state index contributed by atoms with van der Waals surface area (Å²) in [5.41, 5.74) is 0. The van der Waals surface area contributed by atoms with Crippen LogP contribution in [0.2, 0.25) is 0 Å². The standard InChI is InChI=1S/C21H30N6O3S/c1-3-23-17-9-6-10-18(26-17)24-12-16-20(30)27(4-2)21(31-16)13(11-22)19(29)25-14-7-5-8-15(14)28/h6,9-10,13-16,21,28H,3-5,7-8,12H2,1-2H3,(H,25,29)(H2,23,24,26)/t13?,14-,15-,16?,21?/m0/s1. The van der Waals surface area contributed by atoms with Gasteiger partial charge in [0.25, 0.3) is 0 Å². The Hall–Kier alpha value is -2.51. The number of hydrogen-bond acceptors (Lipinski definition) is 8. The van der Waals surface area contributed by atoms with Gasteiger partial charge in [-0.15, -0.1) is 11.8 Å². The number of pyridine rings is 1. The lowest BCUT2D eigenvalue weighted by Gasteiger charge is -2.26. The average molecular weight is 447 g/mol. The highest BCUT2D eigenvalue weighted by molar-refractivity contribution is 8.01. The van der Waals surface area contributed by atoms with E-state index in [9.17, 15) is 20.0 Å². The molecule has 1 aliphatic heterocycles. The molecule has 1 saturated carbocycles. The van der Waals surface area contributed by atoms with Gasteiger partial charge in [-0.05, 0) is 45.2 Å². The molecule has 0 spiro atoms. The van der Waals surface area contributed by atoms with Gasteiger partial charge >= 0.3 is 0 Å². The number of carbonyl (C=O) groups excluding carboxylic acids is 2. The third kappa shape index (κ3) is 5.40. The summed E-state index contributed by atoms with van der Waals surface area (Å²) in [6.07, 6.45) is 1.62. The Morgan fingerprint density at radius 1 is 1.35 bits per heavy atom. The number of amides is 2. The summed E-state index contributed by atoms with van der Waals surface area (Å²) in [7, 11) is 0. The highest BCUT2D eigenvalue weighted by Crippen LogP contribution is 2.36. The molecule has 10 heteroatoms. The van der Waals surface area contributed by atoms with Crippen LogP contribution in [0.25, 0.3) is 0 Å². The smallest absolute Gasteiger partial charge is 0.240 e. The van der Waals surface area contributed by atoms with Crippen LogP contribution in [0.1, 0.15) is 33.1 Å². The van der Waals surface area contributed by atoms with Crippen LogP contribution in [0, 0.1) is 17.2 Å². The van der Waals surface area contributed by atoms with E-state index >= 15 is 0 Å². The quantitative estimate of drug-likeness (QED) is 0.448. The van der Waals surface area contributed by atoms with Gasteiger partial charge in [0.2, 0.25) is 11.8 Å². The molecule has 168 valence electrons. The van der Waals surface area contributed by atoms with Crippen LogP contribution in [0.5, 0.6) is 0 Å². The number of hydrogen-bond donors (Lipinski definition) is 4. The van der Waals surface area contributed by atoms with E-state index in [4.69, 9.17) is 0 Å². The Balaban J connectivity index is 1.64. The van der Waals surface area contributed by atoms with Crippen molar-refractivity contribution >= 4 is 35.2 Å². The lowest BCUT2D eigenvalue weighted by atomic mass is 10.1. The van der Waals surface area contributed by atoms with Crippen LogP contribution < -0.4 is 16.0 Å². The summed E-state index contributed by atoms with van der Waals surface area (Å²) in [6, 6.07) is 7.34. The first-order valence-electron chi connectivity index (χ1n) is 10.8. The van der Waals surface area contributed by atoms with Crippen molar-refractivity contribution < 1.29 is 14.7 Å². The zero-order valence-corrected chi connectivity index (χ0v) is 18.7. The molecule has 2 aliphatic rings. The van der Waals surface area contributed by atoms with E-state index in [2.05, 4.69) is 27.0 Å². The minimum atomic E-state index is -0.998. The Morgan fingerprint density at radius 3 is 2.71 bits per heavy atom. The number of aliphatic hydroxyl groups excluding tert-OH is 1. The summed E-state index contributed by atoms with van der Waals surface area (Å²) >= 11 is 1.33. The van der Waals surface area contributed by atoms with Crippen LogP contribution >= 0.6 is 11.8 Å². The van der Waals surface area contributed by atoms with Gasteiger partial charge in [-0.25, -0.2) is 4.98 Å². The maximum absolute atomic E-state index is 12.9. The summed E-state index contributed by atoms with van der Waals surface area (Å²) in [5.74, 6) is -0.112. The van der Waals surface area contributed by atoms with Crippen molar-refractivity contribution in [2.24, 2.45) is 5.92 Å². The molecule has 2 fully saturated rings. The van der Waals surface area contributed by atoms with Gasteiger partial charge in [0.15, 0.2) is 5.92 Å². The minimum Gasteiger partial charge on any atom is -0.391 e. The third-order valence-electron chi connectivity index (χ3n) is 5.60. The van der Waals surface area contributed by atoms with Crippen molar-refractivity contribution in [3.05, 3.63) is 18.2 Å². The van der Waals surface area contributed by atoms with E-state index in [0.717, 1.165) is 18.8 Å². The maximum atomic E-state index is 12.9. The van der Waals surface area contributed by atoms with Crippen LogP contribution in [-0.2, 0) is 9.59 Å². The SMILES string of the molecule is CCNc1cccc(NCC2SC(C(C#N)C(=O)N[C@H]3CCC[C@@H]3O)N(CC)C2=O)n1. The maximum Gasteiger partial charge on any atom is 0.240 e. The van der Waals surface area contributed by atoms with Crippen molar-refractivity contribution in [3.63, 3.8) is 0 Å². The van der Waals surface area contributed by atoms with Crippen molar-refractivity contribution in [3.8, 4) is 6.07 Å². The summed E-state index contributed by atoms with van der Waals surface area (Å²) in [5, 5.41) is 27.9. The highest BCUT2D eigenvalue weighted by atomic mass is 32.2. The van der Waals surface area contributed by atoms with E-state index in [0.29, 0.717) is 31.7 Å². The Kier molecular flexibility index (Phi) is 7.98. The number of nitrogens with zero attached hydrogens (tertiary/aromatic N) is 3. The molecule has 9 nitrogen and oxygen atoms in total.